The van der Waals surface area contributed by atoms with Crippen LogP contribution in [-0.4, -0.2) is 23.1 Å². The van der Waals surface area contributed by atoms with Crippen molar-refractivity contribution in [1.29, 1.82) is 0 Å². The average molecular weight is 271 g/mol. The number of hydrogen-bond acceptors (Lipinski definition) is 4. The molecule has 1 aliphatic heterocycles. The van der Waals surface area contributed by atoms with Crippen LogP contribution in [0, 0.1) is 5.41 Å². The van der Waals surface area contributed by atoms with Gasteiger partial charge in [-0.3, -0.25) is 0 Å². The minimum atomic E-state index is 0.331. The monoisotopic (exact) mass is 270 g/mol. The van der Waals surface area contributed by atoms with Crippen molar-refractivity contribution in [3.63, 3.8) is 0 Å². The molecule has 0 aromatic carbocycles. The molecule has 0 spiro atoms. The normalized spacial score (nSPS) is 19.5. The summed E-state index contributed by atoms with van der Waals surface area (Å²) in [5, 5.41) is 0. The van der Waals surface area contributed by atoms with Gasteiger partial charge in [0.25, 0.3) is 0 Å². The summed E-state index contributed by atoms with van der Waals surface area (Å²) in [6.45, 7) is 6.58. The summed E-state index contributed by atoms with van der Waals surface area (Å²) in [5.74, 6) is 1.24. The van der Waals surface area contributed by atoms with Gasteiger partial charge in [-0.25, -0.2) is 4.98 Å². The maximum atomic E-state index is 5.59. The van der Waals surface area contributed by atoms with Crippen molar-refractivity contribution >= 4 is 27.7 Å². The molecule has 4 nitrogen and oxygen atoms in total. The molecule has 1 saturated heterocycles. The highest BCUT2D eigenvalue weighted by atomic mass is 79.9. The quantitative estimate of drug-likeness (QED) is 0.849. The lowest BCUT2D eigenvalue weighted by Crippen LogP contribution is -2.24. The van der Waals surface area contributed by atoms with Gasteiger partial charge in [-0.1, -0.05) is 13.8 Å². The highest BCUT2D eigenvalue weighted by Gasteiger charge is 2.30. The zero-order valence-corrected chi connectivity index (χ0v) is 10.6. The lowest BCUT2D eigenvalue weighted by molar-refractivity contribution is 0.418. The second-order valence-electron chi connectivity index (χ2n) is 4.74. The maximum Gasteiger partial charge on any atom is 0.222 e. The molecule has 0 amide bonds. The number of aromatic nitrogens is 2. The van der Waals surface area contributed by atoms with Gasteiger partial charge in [0.1, 0.15) is 5.82 Å². The zero-order valence-electron chi connectivity index (χ0n) is 9.00. The van der Waals surface area contributed by atoms with Gasteiger partial charge in [0, 0.05) is 19.3 Å². The molecule has 0 saturated carbocycles. The summed E-state index contributed by atoms with van der Waals surface area (Å²) < 4.78 is 0.911. The standard InChI is InChI=1S/C10H15BrN4/c1-10(2)3-4-15(6-10)8-7(11)5-13-9(12)14-8/h5H,3-4,6H2,1-2H3,(H2,12,13,14). The van der Waals surface area contributed by atoms with Gasteiger partial charge >= 0.3 is 0 Å². The highest BCUT2D eigenvalue weighted by Crippen LogP contribution is 2.34. The van der Waals surface area contributed by atoms with Crippen molar-refractivity contribution in [2.24, 2.45) is 5.41 Å². The summed E-state index contributed by atoms with van der Waals surface area (Å²) in [6.07, 6.45) is 2.90. The van der Waals surface area contributed by atoms with E-state index >= 15 is 0 Å². The van der Waals surface area contributed by atoms with Crippen LogP contribution in [-0.2, 0) is 0 Å². The van der Waals surface area contributed by atoms with Gasteiger partial charge in [0.2, 0.25) is 5.95 Å². The number of nitrogen functional groups attached to an aromatic ring is 1. The first kappa shape index (κ1) is 10.7. The first-order chi connectivity index (χ1) is 6.98. The largest absolute Gasteiger partial charge is 0.368 e. The molecule has 0 atom stereocenters. The SMILES string of the molecule is CC1(C)CCN(c2nc(N)ncc2Br)C1. The Morgan fingerprint density at radius 2 is 2.27 bits per heavy atom. The molecule has 1 fully saturated rings. The topological polar surface area (TPSA) is 55.0 Å². The van der Waals surface area contributed by atoms with Crippen LogP contribution >= 0.6 is 15.9 Å². The maximum absolute atomic E-state index is 5.59. The van der Waals surface area contributed by atoms with Crippen LogP contribution in [0.25, 0.3) is 0 Å². The van der Waals surface area contributed by atoms with E-state index in [9.17, 15) is 0 Å². The molecule has 1 aliphatic rings. The van der Waals surface area contributed by atoms with E-state index in [2.05, 4.69) is 44.6 Å². The van der Waals surface area contributed by atoms with Gasteiger partial charge in [0.05, 0.1) is 4.47 Å². The van der Waals surface area contributed by atoms with Gasteiger partial charge in [0.15, 0.2) is 0 Å². The van der Waals surface area contributed by atoms with Crippen molar-refractivity contribution in [3.8, 4) is 0 Å². The molecule has 0 bridgehead atoms. The molecule has 1 aromatic heterocycles. The number of hydrogen-bond donors (Lipinski definition) is 1. The third-order valence-electron chi connectivity index (χ3n) is 2.72. The van der Waals surface area contributed by atoms with Crippen molar-refractivity contribution in [2.45, 2.75) is 20.3 Å². The Kier molecular flexibility index (Phi) is 2.58. The first-order valence-corrected chi connectivity index (χ1v) is 5.80. The molecule has 1 aromatic rings. The second kappa shape index (κ2) is 3.63. The van der Waals surface area contributed by atoms with Gasteiger partial charge in [-0.2, -0.15) is 4.98 Å². The van der Waals surface area contributed by atoms with E-state index in [1.54, 1.807) is 6.20 Å². The highest BCUT2D eigenvalue weighted by molar-refractivity contribution is 9.10. The molecular formula is C10H15BrN4. The Hall–Kier alpha value is -0.840. The third kappa shape index (κ3) is 2.22. The Labute approximate surface area is 98.0 Å². The molecule has 82 valence electrons. The Balaban J connectivity index is 2.27. The lowest BCUT2D eigenvalue weighted by Gasteiger charge is -2.21. The minimum Gasteiger partial charge on any atom is -0.368 e. The second-order valence-corrected chi connectivity index (χ2v) is 5.59. The van der Waals surface area contributed by atoms with Crippen LogP contribution in [0.15, 0.2) is 10.7 Å². The fourth-order valence-electron chi connectivity index (χ4n) is 1.89. The van der Waals surface area contributed by atoms with Crippen LogP contribution in [0.3, 0.4) is 0 Å². The van der Waals surface area contributed by atoms with E-state index in [0.29, 0.717) is 11.4 Å². The smallest absolute Gasteiger partial charge is 0.222 e. The van der Waals surface area contributed by atoms with Crippen LogP contribution in [0.1, 0.15) is 20.3 Å². The van der Waals surface area contributed by atoms with Crippen molar-refractivity contribution < 1.29 is 0 Å². The fraction of sp³-hybridized carbons (Fsp3) is 0.600. The van der Waals surface area contributed by atoms with E-state index in [1.807, 2.05) is 0 Å². The zero-order chi connectivity index (χ0) is 11.1. The first-order valence-electron chi connectivity index (χ1n) is 5.01. The molecular weight excluding hydrogens is 256 g/mol. The van der Waals surface area contributed by atoms with Crippen molar-refractivity contribution in [3.05, 3.63) is 10.7 Å². The molecule has 2 rings (SSSR count). The summed E-state index contributed by atoms with van der Waals surface area (Å²) in [4.78, 5) is 10.5. The summed E-state index contributed by atoms with van der Waals surface area (Å²) in [5.41, 5.74) is 5.95. The number of nitrogens with two attached hydrogens (primary N) is 1. The third-order valence-corrected chi connectivity index (χ3v) is 3.28. The van der Waals surface area contributed by atoms with Gasteiger partial charge < -0.3 is 10.6 Å². The van der Waals surface area contributed by atoms with Gasteiger partial charge in [-0.05, 0) is 27.8 Å². The van der Waals surface area contributed by atoms with Crippen molar-refractivity contribution in [2.75, 3.05) is 23.7 Å². The van der Waals surface area contributed by atoms with E-state index in [-0.39, 0.29) is 0 Å². The predicted molar refractivity (Wildman–Crippen MR) is 64.8 cm³/mol. The number of halogens is 1. The van der Waals surface area contributed by atoms with Gasteiger partial charge in [-0.15, -0.1) is 0 Å². The molecule has 0 unspecified atom stereocenters. The molecule has 5 heteroatoms. The van der Waals surface area contributed by atoms with Crippen LogP contribution < -0.4 is 10.6 Å². The van der Waals surface area contributed by atoms with Crippen LogP contribution in [0.4, 0.5) is 11.8 Å². The van der Waals surface area contributed by atoms with Crippen molar-refractivity contribution in [1.82, 2.24) is 9.97 Å². The summed E-state index contributed by atoms with van der Waals surface area (Å²) >= 11 is 3.46. The molecule has 0 aliphatic carbocycles. The van der Waals surface area contributed by atoms with Crippen LogP contribution in [0.2, 0.25) is 0 Å². The fourth-order valence-corrected chi connectivity index (χ4v) is 2.33. The number of anilines is 2. The Morgan fingerprint density at radius 1 is 1.53 bits per heavy atom. The lowest BCUT2D eigenvalue weighted by atomic mass is 9.93. The number of nitrogens with zero attached hydrogens (tertiary/aromatic N) is 3. The number of rotatable bonds is 1. The predicted octanol–water partition coefficient (Wildman–Crippen LogP) is 2.06. The molecule has 15 heavy (non-hydrogen) atoms. The molecule has 2 heterocycles. The molecule has 0 radical (unpaired) electrons. The minimum absolute atomic E-state index is 0.331. The summed E-state index contributed by atoms with van der Waals surface area (Å²) in [7, 11) is 0. The summed E-state index contributed by atoms with van der Waals surface area (Å²) in [6, 6.07) is 0. The van der Waals surface area contributed by atoms with E-state index < -0.39 is 0 Å². The molecule has 2 N–H and O–H groups in total. The van der Waals surface area contributed by atoms with E-state index in [1.165, 1.54) is 6.42 Å². The van der Waals surface area contributed by atoms with E-state index in [0.717, 1.165) is 23.4 Å². The van der Waals surface area contributed by atoms with E-state index in [4.69, 9.17) is 5.73 Å². The Bertz CT molecular complexity index is 378. The Morgan fingerprint density at radius 3 is 2.87 bits per heavy atom. The average Bonchev–Trinajstić information content (AvgIpc) is 2.50. The van der Waals surface area contributed by atoms with Crippen LogP contribution in [0.5, 0.6) is 0 Å².